The van der Waals surface area contributed by atoms with Gasteiger partial charge in [-0.1, -0.05) is 6.07 Å². The van der Waals surface area contributed by atoms with Crippen LogP contribution in [0.15, 0.2) is 42.5 Å². The third-order valence-corrected chi connectivity index (χ3v) is 3.19. The van der Waals surface area contributed by atoms with Crippen molar-refractivity contribution in [2.24, 2.45) is 0 Å². The van der Waals surface area contributed by atoms with E-state index in [0.717, 1.165) is 5.56 Å². The molecule has 0 saturated heterocycles. The molecule has 0 spiro atoms. The van der Waals surface area contributed by atoms with E-state index in [2.05, 4.69) is 10.6 Å². The Balaban J connectivity index is 2.01. The molecule has 6 nitrogen and oxygen atoms in total. The first-order valence-electron chi connectivity index (χ1n) is 7.85. The molecule has 0 aliphatic carbocycles. The second-order valence-electron chi connectivity index (χ2n) is 6.68. The zero-order valence-corrected chi connectivity index (χ0v) is 14.7. The lowest BCUT2D eigenvalue weighted by Gasteiger charge is -2.19. The van der Waals surface area contributed by atoms with Gasteiger partial charge in [0.2, 0.25) is 0 Å². The van der Waals surface area contributed by atoms with Crippen LogP contribution in [0.3, 0.4) is 0 Å². The van der Waals surface area contributed by atoms with Crippen molar-refractivity contribution < 1.29 is 19.4 Å². The highest BCUT2D eigenvalue weighted by atomic mass is 16.6. The van der Waals surface area contributed by atoms with Gasteiger partial charge in [0.25, 0.3) is 5.91 Å². The molecule has 25 heavy (non-hydrogen) atoms. The Morgan fingerprint density at radius 3 is 2.20 bits per heavy atom. The van der Waals surface area contributed by atoms with Crippen molar-refractivity contribution >= 4 is 23.4 Å². The Morgan fingerprint density at radius 1 is 1.00 bits per heavy atom. The monoisotopic (exact) mass is 342 g/mol. The number of aryl methyl sites for hydroxylation is 1. The number of phenols is 1. The van der Waals surface area contributed by atoms with Crippen molar-refractivity contribution in [2.45, 2.75) is 33.3 Å². The average molecular weight is 342 g/mol. The summed E-state index contributed by atoms with van der Waals surface area (Å²) in [5, 5.41) is 15.1. The fraction of sp³-hybridized carbons (Fsp3) is 0.263. The Bertz CT molecular complexity index is 777. The first kappa shape index (κ1) is 18.3. The van der Waals surface area contributed by atoms with Crippen LogP contribution in [0.25, 0.3) is 0 Å². The summed E-state index contributed by atoms with van der Waals surface area (Å²) in [4.78, 5) is 24.0. The minimum atomic E-state index is -0.583. The summed E-state index contributed by atoms with van der Waals surface area (Å²) in [6.07, 6.45) is -0.561. The number of carbonyl (C=O) groups excluding carboxylic acids is 2. The molecule has 0 heterocycles. The maximum absolute atomic E-state index is 12.2. The molecule has 0 aliphatic rings. The number of amides is 2. The lowest BCUT2D eigenvalue weighted by molar-refractivity contribution is 0.0636. The number of carbonyl (C=O) groups is 2. The summed E-state index contributed by atoms with van der Waals surface area (Å²) in [6, 6.07) is 11.4. The predicted molar refractivity (Wildman–Crippen MR) is 97.1 cm³/mol. The van der Waals surface area contributed by atoms with Gasteiger partial charge in [-0.15, -0.1) is 0 Å². The van der Waals surface area contributed by atoms with E-state index in [0.29, 0.717) is 16.9 Å². The summed E-state index contributed by atoms with van der Waals surface area (Å²) >= 11 is 0. The molecule has 0 fully saturated rings. The van der Waals surface area contributed by atoms with E-state index in [1.54, 1.807) is 63.2 Å². The molecule has 0 bridgehead atoms. The summed E-state index contributed by atoms with van der Waals surface area (Å²) in [5.41, 5.74) is 1.57. The van der Waals surface area contributed by atoms with Crippen LogP contribution in [0.1, 0.15) is 36.7 Å². The van der Waals surface area contributed by atoms with Crippen molar-refractivity contribution in [3.63, 3.8) is 0 Å². The average Bonchev–Trinajstić information content (AvgIpc) is 2.48. The van der Waals surface area contributed by atoms with Gasteiger partial charge in [-0.05, 0) is 69.7 Å². The molecular weight excluding hydrogens is 320 g/mol. The normalized spacial score (nSPS) is 10.9. The van der Waals surface area contributed by atoms with Crippen molar-refractivity contribution in [1.29, 1.82) is 0 Å². The number of ether oxygens (including phenoxy) is 1. The quantitative estimate of drug-likeness (QED) is 0.726. The van der Waals surface area contributed by atoms with E-state index in [1.165, 1.54) is 0 Å². The molecule has 0 radical (unpaired) electrons. The number of aromatic hydroxyl groups is 1. The molecule has 6 heteroatoms. The SMILES string of the molecule is Cc1ccc(NC(=O)c2ccc(NC(=O)OC(C)(C)C)cc2)c(O)c1. The van der Waals surface area contributed by atoms with Crippen LogP contribution < -0.4 is 10.6 Å². The number of anilines is 2. The maximum Gasteiger partial charge on any atom is 0.412 e. The van der Waals surface area contributed by atoms with Crippen molar-refractivity contribution in [3.8, 4) is 5.75 Å². The smallest absolute Gasteiger partial charge is 0.412 e. The zero-order chi connectivity index (χ0) is 18.6. The predicted octanol–water partition coefficient (Wildman–Crippen LogP) is 4.30. The molecule has 0 atom stereocenters. The fourth-order valence-corrected chi connectivity index (χ4v) is 2.07. The van der Waals surface area contributed by atoms with Crippen LogP contribution in [0, 0.1) is 6.92 Å². The van der Waals surface area contributed by atoms with E-state index in [4.69, 9.17) is 4.74 Å². The molecule has 2 aromatic carbocycles. The summed E-state index contributed by atoms with van der Waals surface area (Å²) < 4.78 is 5.16. The van der Waals surface area contributed by atoms with Gasteiger partial charge in [0.15, 0.2) is 0 Å². The number of nitrogens with one attached hydrogen (secondary N) is 2. The number of rotatable bonds is 3. The summed E-state index contributed by atoms with van der Waals surface area (Å²) in [5.74, 6) is -0.348. The van der Waals surface area contributed by atoms with Crippen LogP contribution in [0.2, 0.25) is 0 Å². The fourth-order valence-electron chi connectivity index (χ4n) is 2.07. The minimum absolute atomic E-state index is 0.0107. The second-order valence-corrected chi connectivity index (χ2v) is 6.68. The molecule has 132 valence electrons. The maximum atomic E-state index is 12.2. The van der Waals surface area contributed by atoms with Gasteiger partial charge in [-0.2, -0.15) is 0 Å². The third kappa shape index (κ3) is 5.53. The molecule has 0 unspecified atom stereocenters. The van der Waals surface area contributed by atoms with Gasteiger partial charge in [0, 0.05) is 11.3 Å². The standard InChI is InChI=1S/C19H22N2O4/c1-12-5-10-15(16(22)11-12)21-17(23)13-6-8-14(9-7-13)20-18(24)25-19(2,3)4/h5-11,22H,1-4H3,(H,20,24)(H,21,23). The van der Waals surface area contributed by atoms with E-state index in [-0.39, 0.29) is 11.7 Å². The zero-order valence-electron chi connectivity index (χ0n) is 14.7. The molecule has 0 aliphatic heterocycles. The number of phenolic OH excluding ortho intramolecular Hbond substituents is 1. The number of hydrogen-bond donors (Lipinski definition) is 3. The van der Waals surface area contributed by atoms with E-state index in [9.17, 15) is 14.7 Å². The number of hydrogen-bond acceptors (Lipinski definition) is 4. The van der Waals surface area contributed by atoms with E-state index in [1.807, 2.05) is 6.92 Å². The largest absolute Gasteiger partial charge is 0.506 e. The van der Waals surface area contributed by atoms with Crippen LogP contribution in [0.5, 0.6) is 5.75 Å². The third-order valence-electron chi connectivity index (χ3n) is 3.19. The highest BCUT2D eigenvalue weighted by Gasteiger charge is 2.16. The van der Waals surface area contributed by atoms with Gasteiger partial charge in [-0.25, -0.2) is 4.79 Å². The molecular formula is C19H22N2O4. The molecule has 2 aromatic rings. The summed E-state index contributed by atoms with van der Waals surface area (Å²) in [6.45, 7) is 7.18. The highest BCUT2D eigenvalue weighted by Crippen LogP contribution is 2.24. The molecule has 2 rings (SSSR count). The van der Waals surface area contributed by atoms with Crippen LogP contribution >= 0.6 is 0 Å². The summed E-state index contributed by atoms with van der Waals surface area (Å²) in [7, 11) is 0. The van der Waals surface area contributed by atoms with Crippen molar-refractivity contribution in [3.05, 3.63) is 53.6 Å². The first-order chi connectivity index (χ1) is 11.6. The second kappa shape index (κ2) is 7.25. The van der Waals surface area contributed by atoms with Crippen molar-refractivity contribution in [2.75, 3.05) is 10.6 Å². The van der Waals surface area contributed by atoms with E-state index < -0.39 is 11.7 Å². The molecule has 3 N–H and O–H groups in total. The molecule has 0 aromatic heterocycles. The topological polar surface area (TPSA) is 87.7 Å². The Labute approximate surface area is 146 Å². The number of benzene rings is 2. The van der Waals surface area contributed by atoms with Gasteiger partial charge in [-0.3, -0.25) is 10.1 Å². The Morgan fingerprint density at radius 2 is 1.64 bits per heavy atom. The van der Waals surface area contributed by atoms with Crippen LogP contribution in [-0.4, -0.2) is 22.7 Å². The van der Waals surface area contributed by atoms with Gasteiger partial charge < -0.3 is 15.2 Å². The molecule has 0 saturated carbocycles. The van der Waals surface area contributed by atoms with Gasteiger partial charge in [0.1, 0.15) is 11.4 Å². The van der Waals surface area contributed by atoms with Crippen molar-refractivity contribution in [1.82, 2.24) is 0 Å². The first-order valence-corrected chi connectivity index (χ1v) is 7.85. The van der Waals surface area contributed by atoms with Gasteiger partial charge >= 0.3 is 6.09 Å². The van der Waals surface area contributed by atoms with Gasteiger partial charge in [0.05, 0.1) is 5.69 Å². The highest BCUT2D eigenvalue weighted by molar-refractivity contribution is 6.05. The Hall–Kier alpha value is -3.02. The van der Waals surface area contributed by atoms with E-state index >= 15 is 0 Å². The molecule has 2 amide bonds. The lowest BCUT2D eigenvalue weighted by Crippen LogP contribution is -2.27. The minimum Gasteiger partial charge on any atom is -0.506 e. The lowest BCUT2D eigenvalue weighted by atomic mass is 10.1. The van der Waals surface area contributed by atoms with Crippen LogP contribution in [-0.2, 0) is 4.74 Å². The Kier molecular flexibility index (Phi) is 5.32. The van der Waals surface area contributed by atoms with Crippen LogP contribution in [0.4, 0.5) is 16.2 Å².